The van der Waals surface area contributed by atoms with Crippen LogP contribution in [0.3, 0.4) is 0 Å². The maximum atomic E-state index is 12.8. The van der Waals surface area contributed by atoms with Gasteiger partial charge >= 0.3 is 0 Å². The molecule has 7 N–H and O–H groups in total. The predicted molar refractivity (Wildman–Crippen MR) is 121 cm³/mol. The van der Waals surface area contributed by atoms with Crippen molar-refractivity contribution in [2.24, 2.45) is 21.9 Å². The molecule has 10 nitrogen and oxygen atoms in total. The number of aliphatic imine (C=N–C) groups is 1. The van der Waals surface area contributed by atoms with Gasteiger partial charge in [-0.05, 0) is 25.5 Å². The highest BCUT2D eigenvalue weighted by Gasteiger charge is 2.41. The number of amides is 2. The second-order valence-corrected chi connectivity index (χ2v) is 7.83. The fourth-order valence-electron chi connectivity index (χ4n) is 2.89. The number of nitrogens with zero attached hydrogens (tertiary/aromatic N) is 3. The molecule has 1 unspecified atom stereocenters. The molecule has 1 aromatic heterocycles. The molecule has 0 saturated carbocycles. The third-order valence-electron chi connectivity index (χ3n) is 4.88. The molecule has 2 amide bonds. The van der Waals surface area contributed by atoms with E-state index in [4.69, 9.17) is 16.9 Å². The number of carbonyl (C=O) groups excluding carboxylic acids is 2. The first-order valence-electron chi connectivity index (χ1n) is 9.89. The van der Waals surface area contributed by atoms with E-state index in [-0.39, 0.29) is 29.2 Å². The van der Waals surface area contributed by atoms with Gasteiger partial charge in [-0.15, -0.1) is 0 Å². The number of likely N-dealkylation sites (tertiary alicyclic amines) is 1. The lowest BCUT2D eigenvalue weighted by Crippen LogP contribution is -2.41. The van der Waals surface area contributed by atoms with Gasteiger partial charge < -0.3 is 22.1 Å². The Bertz CT molecular complexity index is 946. The average Bonchev–Trinajstić information content (AvgIpc) is 3.00. The minimum absolute atomic E-state index is 0.0814. The summed E-state index contributed by atoms with van der Waals surface area (Å²) in [6.45, 7) is 5.88. The Morgan fingerprint density at radius 1 is 1.42 bits per heavy atom. The van der Waals surface area contributed by atoms with Gasteiger partial charge in [0.25, 0.3) is 5.91 Å². The van der Waals surface area contributed by atoms with Crippen LogP contribution in [0.2, 0.25) is 0 Å². The second kappa shape index (κ2) is 9.98. The quantitative estimate of drug-likeness (QED) is 0.323. The molecule has 1 aliphatic heterocycles. The molecule has 1 saturated heterocycles. The van der Waals surface area contributed by atoms with Crippen LogP contribution >= 0.6 is 0 Å². The second-order valence-electron chi connectivity index (χ2n) is 7.83. The van der Waals surface area contributed by atoms with Crippen LogP contribution in [0.5, 0.6) is 0 Å². The first-order valence-corrected chi connectivity index (χ1v) is 9.89. The van der Waals surface area contributed by atoms with Crippen molar-refractivity contribution >= 4 is 29.7 Å². The van der Waals surface area contributed by atoms with Crippen LogP contribution in [0, 0.1) is 10.8 Å². The summed E-state index contributed by atoms with van der Waals surface area (Å²) in [5, 5.41) is 13.9. The summed E-state index contributed by atoms with van der Waals surface area (Å²) < 4.78 is 0. The molecule has 0 aliphatic carbocycles. The van der Waals surface area contributed by atoms with E-state index in [9.17, 15) is 9.59 Å². The predicted octanol–water partition coefficient (Wildman–Crippen LogP) is 1.00. The number of nitrogens with two attached hydrogens (primary N) is 2. The zero-order valence-electron chi connectivity index (χ0n) is 18.3. The number of amidine groups is 1. The van der Waals surface area contributed by atoms with Crippen molar-refractivity contribution in [3.63, 3.8) is 0 Å². The molecule has 31 heavy (non-hydrogen) atoms. The summed E-state index contributed by atoms with van der Waals surface area (Å²) in [6.07, 6.45) is 4.96. The molecule has 10 heteroatoms. The van der Waals surface area contributed by atoms with Crippen LogP contribution in [0.4, 0.5) is 5.82 Å². The lowest BCUT2D eigenvalue weighted by molar-refractivity contribution is -0.131. The fourth-order valence-corrected chi connectivity index (χ4v) is 2.89. The lowest BCUT2D eigenvalue weighted by atomic mass is 9.92. The van der Waals surface area contributed by atoms with E-state index in [0.29, 0.717) is 24.4 Å². The highest BCUT2D eigenvalue weighted by molar-refractivity contribution is 6.10. The van der Waals surface area contributed by atoms with Gasteiger partial charge in [0.05, 0.1) is 5.70 Å². The van der Waals surface area contributed by atoms with Crippen LogP contribution < -0.4 is 22.1 Å². The smallest absolute Gasteiger partial charge is 0.274 e. The Labute approximate surface area is 182 Å². The fraction of sp³-hybridized carbons (Fsp3) is 0.381. The van der Waals surface area contributed by atoms with Gasteiger partial charge in [0.2, 0.25) is 5.91 Å². The number of pyridine rings is 1. The molecule has 0 bridgehead atoms. The summed E-state index contributed by atoms with van der Waals surface area (Å²) in [5.41, 5.74) is 11.7. The van der Waals surface area contributed by atoms with E-state index in [0.717, 1.165) is 0 Å². The van der Waals surface area contributed by atoms with Gasteiger partial charge in [-0.1, -0.05) is 19.9 Å². The first kappa shape index (κ1) is 23.7. The molecule has 1 atom stereocenters. The van der Waals surface area contributed by atoms with Crippen molar-refractivity contribution in [1.82, 2.24) is 20.5 Å². The van der Waals surface area contributed by atoms with Crippen LogP contribution in [0.1, 0.15) is 37.7 Å². The molecule has 0 spiro atoms. The van der Waals surface area contributed by atoms with Gasteiger partial charge in [-0.25, -0.2) is 9.98 Å². The molecule has 0 radical (unpaired) electrons. The highest BCUT2D eigenvalue weighted by atomic mass is 16.2. The minimum Gasteiger partial charge on any atom is -0.404 e. The Balaban J connectivity index is 2.19. The van der Waals surface area contributed by atoms with Crippen molar-refractivity contribution < 1.29 is 9.59 Å². The minimum atomic E-state index is -0.535. The van der Waals surface area contributed by atoms with E-state index in [1.807, 2.05) is 13.8 Å². The molecule has 2 heterocycles. The summed E-state index contributed by atoms with van der Waals surface area (Å²) in [5.74, 6) is -0.461. The molecule has 2 rings (SSSR count). The zero-order chi connectivity index (χ0) is 23.2. The average molecular weight is 427 g/mol. The molecular weight excluding hydrogens is 396 g/mol. The molecule has 1 aliphatic rings. The lowest BCUT2D eigenvalue weighted by Gasteiger charge is -2.22. The number of rotatable bonds is 7. The molecular formula is C21H30N8O2. The van der Waals surface area contributed by atoms with Crippen LogP contribution in [0.15, 0.2) is 46.9 Å². The summed E-state index contributed by atoms with van der Waals surface area (Å²) >= 11 is 0. The van der Waals surface area contributed by atoms with E-state index in [1.165, 1.54) is 29.6 Å². The van der Waals surface area contributed by atoms with Gasteiger partial charge in [-0.3, -0.25) is 19.9 Å². The van der Waals surface area contributed by atoms with E-state index in [2.05, 4.69) is 20.6 Å². The summed E-state index contributed by atoms with van der Waals surface area (Å²) in [4.78, 5) is 35.1. The van der Waals surface area contributed by atoms with Gasteiger partial charge in [0.15, 0.2) is 11.7 Å². The van der Waals surface area contributed by atoms with Crippen molar-refractivity contribution in [1.29, 1.82) is 5.41 Å². The van der Waals surface area contributed by atoms with E-state index in [1.54, 1.807) is 26.1 Å². The normalized spacial score (nSPS) is 17.7. The van der Waals surface area contributed by atoms with Crippen molar-refractivity contribution in [3.8, 4) is 0 Å². The third-order valence-corrected chi connectivity index (χ3v) is 4.88. The van der Waals surface area contributed by atoms with E-state index >= 15 is 0 Å². The number of hydrogen-bond donors (Lipinski definition) is 5. The molecule has 1 aromatic rings. The van der Waals surface area contributed by atoms with Crippen LogP contribution in [-0.2, 0) is 4.79 Å². The largest absolute Gasteiger partial charge is 0.404 e. The van der Waals surface area contributed by atoms with Crippen molar-refractivity contribution in [2.45, 2.75) is 33.2 Å². The molecule has 0 aromatic carbocycles. The van der Waals surface area contributed by atoms with Gasteiger partial charge in [0, 0.05) is 49.2 Å². The Hall–Kier alpha value is -3.53. The van der Waals surface area contributed by atoms with Gasteiger partial charge in [-0.2, -0.15) is 0 Å². The maximum Gasteiger partial charge on any atom is 0.274 e. The highest BCUT2D eigenvalue weighted by Crippen LogP contribution is 2.31. The number of aromatic nitrogens is 1. The maximum absolute atomic E-state index is 12.8. The topological polar surface area (TPSA) is 163 Å². The summed E-state index contributed by atoms with van der Waals surface area (Å²) in [7, 11) is 1.64. The van der Waals surface area contributed by atoms with Crippen molar-refractivity contribution in [2.75, 3.05) is 13.6 Å². The number of carbonyl (C=O) groups is 2. The monoisotopic (exact) mass is 426 g/mol. The standard InChI is InChI=1S/C21H30N8O2/c1-13(23)14(10-22)11-26-17-7-5-6-15(27-17)19(30)28-16(12-25-4)18(24)29-9-8-21(2,3)20(29)31/h5-7,10-13,24-25H,8-9,22-23H2,1-4H3,(H,28,30)/b14-10?,16-12+,24-18?,26-11?. The first-order chi connectivity index (χ1) is 14.6. The van der Waals surface area contributed by atoms with Crippen molar-refractivity contribution in [3.05, 3.63) is 47.6 Å². The Kier molecular flexibility index (Phi) is 7.65. The Morgan fingerprint density at radius 3 is 2.68 bits per heavy atom. The Morgan fingerprint density at radius 2 is 2.13 bits per heavy atom. The SMILES string of the molecule is CN/C=C(/NC(=O)c1cccc(N=CC(=CN)C(C)N)n1)C(=N)N1CCC(C)(C)C1=O. The van der Waals surface area contributed by atoms with Crippen LogP contribution in [0.25, 0.3) is 0 Å². The molecule has 166 valence electrons. The summed E-state index contributed by atoms with van der Waals surface area (Å²) in [6, 6.07) is 4.52. The number of hydrogen-bond acceptors (Lipinski definition) is 8. The van der Waals surface area contributed by atoms with E-state index < -0.39 is 11.3 Å². The van der Waals surface area contributed by atoms with Gasteiger partial charge in [0.1, 0.15) is 5.69 Å². The molecule has 1 fully saturated rings. The number of nitrogens with one attached hydrogen (secondary N) is 3. The zero-order valence-corrected chi connectivity index (χ0v) is 18.3. The third kappa shape index (κ3) is 5.76. The van der Waals surface area contributed by atoms with Crippen LogP contribution in [-0.4, -0.2) is 53.4 Å².